The fraction of sp³-hybridized carbons (Fsp3) is 0.643. The number of aromatic nitrogens is 1. The van der Waals surface area contributed by atoms with E-state index in [9.17, 15) is 0 Å². The standard InChI is InChI=1S/C14H22N4/c1-6-15-9-11-18(10-1)14-3-2-12-4-7-16-8-5-13(12)17-14/h2-3,15-16H,1,4-11H2. The highest BCUT2D eigenvalue weighted by Crippen LogP contribution is 2.18. The minimum atomic E-state index is 1.06. The predicted molar refractivity (Wildman–Crippen MR) is 74.2 cm³/mol. The summed E-state index contributed by atoms with van der Waals surface area (Å²) >= 11 is 0. The van der Waals surface area contributed by atoms with Crippen molar-refractivity contribution in [1.82, 2.24) is 15.6 Å². The molecule has 0 aliphatic carbocycles. The molecule has 3 heterocycles. The molecule has 3 rings (SSSR count). The summed E-state index contributed by atoms with van der Waals surface area (Å²) in [6.07, 6.45) is 3.39. The van der Waals surface area contributed by atoms with E-state index in [1.165, 1.54) is 23.5 Å². The summed E-state index contributed by atoms with van der Waals surface area (Å²) < 4.78 is 0. The zero-order chi connectivity index (χ0) is 12.2. The van der Waals surface area contributed by atoms with Crippen LogP contribution in [0.3, 0.4) is 0 Å². The van der Waals surface area contributed by atoms with Crippen LogP contribution in [0.4, 0.5) is 5.82 Å². The van der Waals surface area contributed by atoms with E-state index >= 15 is 0 Å². The molecule has 0 bridgehead atoms. The maximum absolute atomic E-state index is 4.90. The third-order valence-electron chi connectivity index (χ3n) is 3.83. The Morgan fingerprint density at radius 1 is 0.944 bits per heavy atom. The Bertz CT molecular complexity index is 397. The summed E-state index contributed by atoms with van der Waals surface area (Å²) in [7, 11) is 0. The van der Waals surface area contributed by atoms with Gasteiger partial charge in [-0.05, 0) is 37.6 Å². The first kappa shape index (κ1) is 11.9. The van der Waals surface area contributed by atoms with Crippen LogP contribution in [0.1, 0.15) is 17.7 Å². The van der Waals surface area contributed by atoms with Gasteiger partial charge in [-0.25, -0.2) is 4.98 Å². The molecule has 1 fully saturated rings. The van der Waals surface area contributed by atoms with Gasteiger partial charge in [-0.2, -0.15) is 0 Å². The van der Waals surface area contributed by atoms with Gasteiger partial charge in [0.15, 0.2) is 0 Å². The molecule has 0 aromatic carbocycles. The van der Waals surface area contributed by atoms with Gasteiger partial charge < -0.3 is 15.5 Å². The summed E-state index contributed by atoms with van der Waals surface area (Å²) in [6, 6.07) is 4.48. The largest absolute Gasteiger partial charge is 0.355 e. The van der Waals surface area contributed by atoms with Crippen molar-refractivity contribution in [3.63, 3.8) is 0 Å². The second kappa shape index (κ2) is 5.67. The van der Waals surface area contributed by atoms with E-state index in [0.29, 0.717) is 0 Å². The van der Waals surface area contributed by atoms with E-state index in [2.05, 4.69) is 27.7 Å². The third kappa shape index (κ3) is 2.65. The van der Waals surface area contributed by atoms with Crippen molar-refractivity contribution in [2.75, 3.05) is 44.2 Å². The van der Waals surface area contributed by atoms with Crippen LogP contribution in [-0.4, -0.2) is 44.3 Å². The molecule has 0 saturated carbocycles. The van der Waals surface area contributed by atoms with Gasteiger partial charge in [0.25, 0.3) is 0 Å². The summed E-state index contributed by atoms with van der Waals surface area (Å²) in [5.74, 6) is 1.17. The maximum atomic E-state index is 4.90. The van der Waals surface area contributed by atoms with E-state index in [0.717, 1.165) is 52.1 Å². The molecule has 2 aliphatic rings. The molecule has 1 saturated heterocycles. The Labute approximate surface area is 109 Å². The predicted octanol–water partition coefficient (Wildman–Crippen LogP) is 0.570. The molecule has 0 unspecified atom stereocenters. The fourth-order valence-electron chi connectivity index (χ4n) is 2.77. The number of rotatable bonds is 1. The van der Waals surface area contributed by atoms with Gasteiger partial charge in [-0.1, -0.05) is 6.07 Å². The molecule has 4 heteroatoms. The highest BCUT2D eigenvalue weighted by Gasteiger charge is 2.14. The third-order valence-corrected chi connectivity index (χ3v) is 3.83. The summed E-state index contributed by atoms with van der Waals surface area (Å²) in [6.45, 7) is 6.54. The van der Waals surface area contributed by atoms with E-state index < -0.39 is 0 Å². The van der Waals surface area contributed by atoms with E-state index in [1.807, 2.05) is 0 Å². The van der Waals surface area contributed by atoms with Crippen LogP contribution >= 0.6 is 0 Å². The van der Waals surface area contributed by atoms with E-state index in [1.54, 1.807) is 0 Å². The molecule has 1 aromatic rings. The van der Waals surface area contributed by atoms with Crippen LogP contribution < -0.4 is 15.5 Å². The zero-order valence-corrected chi connectivity index (χ0v) is 10.9. The molecule has 0 spiro atoms. The molecule has 2 aliphatic heterocycles. The first-order valence-electron chi connectivity index (χ1n) is 7.09. The summed E-state index contributed by atoms with van der Waals surface area (Å²) in [5.41, 5.74) is 2.73. The number of pyridine rings is 1. The molecule has 1 aromatic heterocycles. The Balaban J connectivity index is 1.81. The second-order valence-electron chi connectivity index (χ2n) is 5.12. The molecule has 0 radical (unpaired) electrons. The minimum absolute atomic E-state index is 1.06. The highest BCUT2D eigenvalue weighted by molar-refractivity contribution is 5.42. The molecular formula is C14H22N4. The average molecular weight is 246 g/mol. The smallest absolute Gasteiger partial charge is 0.128 e. The Kier molecular flexibility index (Phi) is 3.76. The Morgan fingerprint density at radius 3 is 2.83 bits per heavy atom. The van der Waals surface area contributed by atoms with Gasteiger partial charge in [0.2, 0.25) is 0 Å². The van der Waals surface area contributed by atoms with Gasteiger partial charge in [0, 0.05) is 38.3 Å². The van der Waals surface area contributed by atoms with Crippen molar-refractivity contribution in [2.24, 2.45) is 0 Å². The average Bonchev–Trinajstić information content (AvgIpc) is 2.80. The van der Waals surface area contributed by atoms with Gasteiger partial charge in [0.05, 0.1) is 0 Å². The van der Waals surface area contributed by atoms with Crippen molar-refractivity contribution in [3.05, 3.63) is 23.4 Å². The van der Waals surface area contributed by atoms with Crippen molar-refractivity contribution in [3.8, 4) is 0 Å². The van der Waals surface area contributed by atoms with Gasteiger partial charge >= 0.3 is 0 Å². The van der Waals surface area contributed by atoms with Crippen molar-refractivity contribution in [2.45, 2.75) is 19.3 Å². The number of nitrogens with zero attached hydrogens (tertiary/aromatic N) is 2. The number of hydrogen-bond acceptors (Lipinski definition) is 4. The molecule has 0 atom stereocenters. The monoisotopic (exact) mass is 246 g/mol. The zero-order valence-electron chi connectivity index (χ0n) is 10.9. The maximum Gasteiger partial charge on any atom is 0.128 e. The first-order chi connectivity index (χ1) is 8.93. The second-order valence-corrected chi connectivity index (χ2v) is 5.12. The topological polar surface area (TPSA) is 40.2 Å². The molecule has 4 nitrogen and oxygen atoms in total. The molecular weight excluding hydrogens is 224 g/mol. The molecule has 98 valence electrons. The van der Waals surface area contributed by atoms with Gasteiger partial charge in [-0.3, -0.25) is 0 Å². The summed E-state index contributed by atoms with van der Waals surface area (Å²) in [5, 5.41) is 6.88. The lowest BCUT2D eigenvalue weighted by Gasteiger charge is -2.22. The number of nitrogens with one attached hydrogen (secondary N) is 2. The lowest BCUT2D eigenvalue weighted by Crippen LogP contribution is -2.28. The highest BCUT2D eigenvalue weighted by atomic mass is 15.2. The number of anilines is 1. The van der Waals surface area contributed by atoms with Crippen LogP contribution in [0, 0.1) is 0 Å². The van der Waals surface area contributed by atoms with Crippen LogP contribution in [0.15, 0.2) is 12.1 Å². The van der Waals surface area contributed by atoms with Crippen LogP contribution in [0.5, 0.6) is 0 Å². The quantitative estimate of drug-likeness (QED) is 0.760. The molecule has 18 heavy (non-hydrogen) atoms. The van der Waals surface area contributed by atoms with Crippen LogP contribution in [0.2, 0.25) is 0 Å². The first-order valence-corrected chi connectivity index (χ1v) is 7.09. The van der Waals surface area contributed by atoms with Crippen LogP contribution in [0.25, 0.3) is 0 Å². The fourth-order valence-corrected chi connectivity index (χ4v) is 2.77. The van der Waals surface area contributed by atoms with Crippen molar-refractivity contribution in [1.29, 1.82) is 0 Å². The Hall–Kier alpha value is -1.13. The number of fused-ring (bicyclic) bond motifs is 1. The lowest BCUT2D eigenvalue weighted by atomic mass is 10.1. The van der Waals surface area contributed by atoms with Crippen molar-refractivity contribution < 1.29 is 0 Å². The van der Waals surface area contributed by atoms with Gasteiger partial charge in [0.1, 0.15) is 5.82 Å². The Morgan fingerprint density at radius 2 is 1.83 bits per heavy atom. The van der Waals surface area contributed by atoms with E-state index in [4.69, 9.17) is 4.98 Å². The molecule has 0 amide bonds. The number of hydrogen-bond donors (Lipinski definition) is 2. The van der Waals surface area contributed by atoms with E-state index in [-0.39, 0.29) is 0 Å². The van der Waals surface area contributed by atoms with Crippen molar-refractivity contribution >= 4 is 5.82 Å². The summed E-state index contributed by atoms with van der Waals surface area (Å²) in [4.78, 5) is 7.31. The van der Waals surface area contributed by atoms with Gasteiger partial charge in [-0.15, -0.1) is 0 Å². The minimum Gasteiger partial charge on any atom is -0.355 e. The lowest BCUT2D eigenvalue weighted by molar-refractivity contribution is 0.707. The van der Waals surface area contributed by atoms with Crippen LogP contribution in [-0.2, 0) is 12.8 Å². The molecule has 2 N–H and O–H groups in total. The SMILES string of the molecule is c1cc2c(nc1N1CCCNCC1)CCNCC2. The normalized spacial score (nSPS) is 21.0.